The molecule has 0 amide bonds. The van der Waals surface area contributed by atoms with E-state index in [-0.39, 0.29) is 12.3 Å². The molecule has 110 valence electrons. The van der Waals surface area contributed by atoms with Crippen LogP contribution in [-0.4, -0.2) is 21.6 Å². The summed E-state index contributed by atoms with van der Waals surface area (Å²) < 4.78 is 0. The molecular formula is C15H17N3O3. The van der Waals surface area contributed by atoms with Crippen molar-refractivity contribution in [1.29, 1.82) is 0 Å². The summed E-state index contributed by atoms with van der Waals surface area (Å²) in [7, 11) is 0. The molecule has 6 nitrogen and oxygen atoms in total. The van der Waals surface area contributed by atoms with E-state index in [2.05, 4.69) is 10.3 Å². The predicted molar refractivity (Wildman–Crippen MR) is 80.2 cm³/mol. The second kappa shape index (κ2) is 6.81. The van der Waals surface area contributed by atoms with Crippen molar-refractivity contribution in [2.45, 2.75) is 20.0 Å². The van der Waals surface area contributed by atoms with E-state index in [0.717, 1.165) is 23.1 Å². The van der Waals surface area contributed by atoms with Crippen molar-refractivity contribution < 1.29 is 10.0 Å². The fraction of sp³-hybridized carbons (Fsp3) is 0.267. The number of aromatic nitrogens is 1. The largest absolute Gasteiger partial charge is 0.392 e. The van der Waals surface area contributed by atoms with E-state index in [1.807, 2.05) is 24.3 Å². The van der Waals surface area contributed by atoms with E-state index < -0.39 is 4.92 Å². The maximum Gasteiger partial charge on any atom is 0.287 e. The normalized spacial score (nSPS) is 10.4. The Labute approximate surface area is 122 Å². The van der Waals surface area contributed by atoms with Crippen LogP contribution >= 0.6 is 0 Å². The number of rotatable bonds is 6. The molecule has 0 saturated carbocycles. The number of anilines is 1. The lowest BCUT2D eigenvalue weighted by Gasteiger charge is -2.08. The number of hydrogen-bond donors (Lipinski definition) is 2. The minimum absolute atomic E-state index is 0.00218. The van der Waals surface area contributed by atoms with Gasteiger partial charge in [-0.2, -0.15) is 0 Å². The van der Waals surface area contributed by atoms with Crippen LogP contribution in [0.4, 0.5) is 11.5 Å². The summed E-state index contributed by atoms with van der Waals surface area (Å²) in [6, 6.07) is 9.24. The zero-order chi connectivity index (χ0) is 15.2. The molecule has 1 heterocycles. The molecule has 0 radical (unpaired) electrons. The van der Waals surface area contributed by atoms with Gasteiger partial charge in [0.25, 0.3) is 5.69 Å². The molecule has 0 saturated heterocycles. The van der Waals surface area contributed by atoms with Gasteiger partial charge in [-0.25, -0.2) is 4.98 Å². The summed E-state index contributed by atoms with van der Waals surface area (Å²) in [5.41, 5.74) is 2.79. The maximum absolute atomic E-state index is 10.6. The first-order valence-corrected chi connectivity index (χ1v) is 6.63. The molecule has 6 heteroatoms. The van der Waals surface area contributed by atoms with E-state index in [4.69, 9.17) is 5.11 Å². The number of nitrogens with zero attached hydrogens (tertiary/aromatic N) is 2. The van der Waals surface area contributed by atoms with E-state index >= 15 is 0 Å². The molecule has 21 heavy (non-hydrogen) atoms. The first kappa shape index (κ1) is 14.9. The van der Waals surface area contributed by atoms with Crippen LogP contribution in [0, 0.1) is 17.0 Å². The van der Waals surface area contributed by atoms with Gasteiger partial charge in [0.05, 0.1) is 11.5 Å². The zero-order valence-corrected chi connectivity index (χ0v) is 11.7. The van der Waals surface area contributed by atoms with Crippen LogP contribution in [0.3, 0.4) is 0 Å². The molecule has 2 aromatic rings. The lowest BCUT2D eigenvalue weighted by molar-refractivity contribution is -0.385. The highest BCUT2D eigenvalue weighted by Gasteiger charge is 2.08. The topological polar surface area (TPSA) is 88.3 Å². The van der Waals surface area contributed by atoms with Crippen LogP contribution in [0.15, 0.2) is 36.5 Å². The minimum atomic E-state index is -0.452. The number of pyridine rings is 1. The summed E-state index contributed by atoms with van der Waals surface area (Å²) in [6.07, 6.45) is 2.06. The van der Waals surface area contributed by atoms with Crippen LogP contribution in [-0.2, 0) is 13.0 Å². The van der Waals surface area contributed by atoms with Gasteiger partial charge in [-0.15, -0.1) is 0 Å². The first-order chi connectivity index (χ1) is 10.1. The van der Waals surface area contributed by atoms with E-state index in [9.17, 15) is 10.1 Å². The van der Waals surface area contributed by atoms with Crippen molar-refractivity contribution in [1.82, 2.24) is 4.98 Å². The Balaban J connectivity index is 1.92. The number of aliphatic hydroxyl groups excluding tert-OH is 1. The van der Waals surface area contributed by atoms with Gasteiger partial charge in [-0.05, 0) is 30.0 Å². The molecule has 0 bridgehead atoms. The number of benzene rings is 1. The average Bonchev–Trinajstić information content (AvgIpc) is 2.49. The summed E-state index contributed by atoms with van der Waals surface area (Å²) in [5.74, 6) is 0.660. The molecule has 2 N–H and O–H groups in total. The second-order valence-corrected chi connectivity index (χ2v) is 4.77. The Hall–Kier alpha value is -2.47. The maximum atomic E-state index is 10.6. The Morgan fingerprint density at radius 2 is 1.95 bits per heavy atom. The lowest BCUT2D eigenvalue weighted by atomic mass is 10.1. The first-order valence-electron chi connectivity index (χ1n) is 6.63. The van der Waals surface area contributed by atoms with Gasteiger partial charge < -0.3 is 10.4 Å². The molecule has 0 aliphatic heterocycles. The van der Waals surface area contributed by atoms with Crippen molar-refractivity contribution in [2.75, 3.05) is 11.9 Å². The molecule has 2 rings (SSSR count). The molecule has 0 aliphatic carbocycles. The molecule has 0 fully saturated rings. The van der Waals surface area contributed by atoms with Crippen molar-refractivity contribution in [2.24, 2.45) is 0 Å². The number of aryl methyl sites for hydroxylation is 1. The van der Waals surface area contributed by atoms with Crippen LogP contribution in [0.2, 0.25) is 0 Å². The number of hydrogen-bond acceptors (Lipinski definition) is 5. The van der Waals surface area contributed by atoms with Crippen molar-refractivity contribution in [3.05, 3.63) is 63.3 Å². The van der Waals surface area contributed by atoms with E-state index in [0.29, 0.717) is 12.4 Å². The number of nitro groups is 1. The second-order valence-electron chi connectivity index (χ2n) is 4.77. The Morgan fingerprint density at radius 3 is 2.52 bits per heavy atom. The van der Waals surface area contributed by atoms with Gasteiger partial charge in [-0.1, -0.05) is 24.3 Å². The number of aliphatic hydroxyl groups is 1. The van der Waals surface area contributed by atoms with Gasteiger partial charge in [-0.3, -0.25) is 10.1 Å². The zero-order valence-electron chi connectivity index (χ0n) is 11.7. The Bertz CT molecular complexity index is 627. The highest BCUT2D eigenvalue weighted by Crippen LogP contribution is 2.17. The van der Waals surface area contributed by atoms with Gasteiger partial charge in [0.2, 0.25) is 0 Å². The van der Waals surface area contributed by atoms with Crippen molar-refractivity contribution in [3.8, 4) is 0 Å². The number of nitrogens with one attached hydrogen (secondary N) is 1. The van der Waals surface area contributed by atoms with E-state index in [1.54, 1.807) is 6.92 Å². The smallest absolute Gasteiger partial charge is 0.287 e. The molecule has 1 aromatic heterocycles. The Morgan fingerprint density at radius 1 is 1.29 bits per heavy atom. The highest BCUT2D eigenvalue weighted by molar-refractivity contribution is 5.48. The fourth-order valence-corrected chi connectivity index (χ4v) is 1.98. The van der Waals surface area contributed by atoms with Crippen LogP contribution in [0.5, 0.6) is 0 Å². The summed E-state index contributed by atoms with van der Waals surface area (Å²) >= 11 is 0. The van der Waals surface area contributed by atoms with Gasteiger partial charge in [0.15, 0.2) is 0 Å². The molecular weight excluding hydrogens is 270 g/mol. The predicted octanol–water partition coefficient (Wildman–Crippen LogP) is 2.45. The van der Waals surface area contributed by atoms with E-state index in [1.165, 1.54) is 12.3 Å². The van der Waals surface area contributed by atoms with Gasteiger partial charge in [0.1, 0.15) is 12.0 Å². The summed E-state index contributed by atoms with van der Waals surface area (Å²) in [6.45, 7) is 2.52. The third-order valence-electron chi connectivity index (χ3n) is 3.19. The summed E-state index contributed by atoms with van der Waals surface area (Å²) in [5, 5.41) is 22.8. The highest BCUT2D eigenvalue weighted by atomic mass is 16.6. The van der Waals surface area contributed by atoms with Crippen LogP contribution in [0.1, 0.15) is 16.7 Å². The fourth-order valence-electron chi connectivity index (χ4n) is 1.98. The molecule has 0 aliphatic rings. The standard InChI is InChI=1S/C15H17N3O3/c1-11-8-14(18(20)21)9-17-15(11)16-7-6-12-2-4-13(10-19)5-3-12/h2-5,8-9,19H,6-7,10H2,1H3,(H,16,17). The average molecular weight is 287 g/mol. The van der Waals surface area contributed by atoms with Crippen LogP contribution in [0.25, 0.3) is 0 Å². The van der Waals surface area contributed by atoms with Crippen molar-refractivity contribution >= 4 is 11.5 Å². The van der Waals surface area contributed by atoms with Gasteiger partial charge >= 0.3 is 0 Å². The third-order valence-corrected chi connectivity index (χ3v) is 3.19. The third kappa shape index (κ3) is 4.00. The quantitative estimate of drug-likeness (QED) is 0.629. The Kier molecular flexibility index (Phi) is 4.84. The minimum Gasteiger partial charge on any atom is -0.392 e. The van der Waals surface area contributed by atoms with Crippen LogP contribution < -0.4 is 5.32 Å². The molecule has 0 atom stereocenters. The lowest BCUT2D eigenvalue weighted by Crippen LogP contribution is -2.08. The molecule has 0 spiro atoms. The summed E-state index contributed by atoms with van der Waals surface area (Å²) in [4.78, 5) is 14.3. The monoisotopic (exact) mass is 287 g/mol. The molecule has 1 aromatic carbocycles. The SMILES string of the molecule is Cc1cc([N+](=O)[O-])cnc1NCCc1ccc(CO)cc1. The molecule has 0 unspecified atom stereocenters. The van der Waals surface area contributed by atoms with Crippen molar-refractivity contribution in [3.63, 3.8) is 0 Å². The van der Waals surface area contributed by atoms with Gasteiger partial charge in [0, 0.05) is 12.6 Å².